The highest BCUT2D eigenvalue weighted by atomic mass is 16.1. The molecule has 24 heavy (non-hydrogen) atoms. The van der Waals surface area contributed by atoms with E-state index in [1.54, 1.807) is 0 Å². The lowest BCUT2D eigenvalue weighted by Gasteiger charge is -2.31. The monoisotopic (exact) mass is 326 g/mol. The van der Waals surface area contributed by atoms with E-state index in [0.29, 0.717) is 23.4 Å². The van der Waals surface area contributed by atoms with Crippen LogP contribution in [0.5, 0.6) is 0 Å². The molecule has 0 N–H and O–H groups in total. The topological polar surface area (TPSA) is 34.1 Å². The van der Waals surface area contributed by atoms with Crippen molar-refractivity contribution in [1.82, 2.24) is 0 Å². The Morgan fingerprint density at radius 1 is 0.708 bits per heavy atom. The molecule has 0 spiro atoms. The summed E-state index contributed by atoms with van der Waals surface area (Å²) in [5.41, 5.74) is 1.59. The normalized spacial score (nSPS) is 48.2. The van der Waals surface area contributed by atoms with Gasteiger partial charge in [0, 0.05) is 10.8 Å². The molecule has 0 amide bonds. The number of hydrogen-bond donors (Lipinski definition) is 0. The van der Waals surface area contributed by atoms with Crippen LogP contribution in [0.3, 0.4) is 0 Å². The zero-order valence-corrected chi connectivity index (χ0v) is 16.0. The molecule has 4 fully saturated rings. The fourth-order valence-electron chi connectivity index (χ4n) is 6.42. The van der Waals surface area contributed by atoms with Gasteiger partial charge in [-0.15, -0.1) is 0 Å². The minimum Gasteiger partial charge on any atom is -0.294 e. The van der Waals surface area contributed by atoms with Gasteiger partial charge in [0.2, 0.25) is 0 Å². The minimum atomic E-state index is -0.216. The van der Waals surface area contributed by atoms with E-state index in [1.165, 1.54) is 0 Å². The Bertz CT molecular complexity index is 658. The highest BCUT2D eigenvalue weighted by Crippen LogP contribution is 2.67. The molecular formula is C22H30O2. The van der Waals surface area contributed by atoms with E-state index in [2.05, 4.69) is 41.5 Å². The first kappa shape index (κ1) is 16.3. The van der Waals surface area contributed by atoms with E-state index in [0.717, 1.165) is 36.8 Å². The zero-order chi connectivity index (χ0) is 17.7. The molecule has 2 nitrogen and oxygen atoms in total. The molecule has 0 aromatic rings. The van der Waals surface area contributed by atoms with Gasteiger partial charge in [-0.05, 0) is 59.5 Å². The molecule has 0 aromatic heterocycles. The van der Waals surface area contributed by atoms with Crippen LogP contribution in [0.15, 0.2) is 23.3 Å². The lowest BCUT2D eigenvalue weighted by molar-refractivity contribution is -0.126. The molecule has 130 valence electrons. The van der Waals surface area contributed by atoms with Gasteiger partial charge in [-0.25, -0.2) is 0 Å². The van der Waals surface area contributed by atoms with Crippen LogP contribution >= 0.6 is 0 Å². The maximum Gasteiger partial charge on any atom is 0.165 e. The summed E-state index contributed by atoms with van der Waals surface area (Å²) in [6.45, 7) is 13.2. The van der Waals surface area contributed by atoms with Gasteiger partial charge in [0.1, 0.15) is 0 Å². The van der Waals surface area contributed by atoms with Crippen molar-refractivity contribution in [1.29, 1.82) is 0 Å². The van der Waals surface area contributed by atoms with Crippen molar-refractivity contribution < 1.29 is 9.59 Å². The van der Waals surface area contributed by atoms with Gasteiger partial charge in [0.05, 0.1) is 0 Å². The molecule has 2 heteroatoms. The molecule has 0 aliphatic heterocycles. The predicted octanol–water partition coefficient (Wildman–Crippen LogP) is 4.89. The predicted molar refractivity (Wildman–Crippen MR) is 95.4 cm³/mol. The van der Waals surface area contributed by atoms with E-state index in [1.807, 2.05) is 12.2 Å². The van der Waals surface area contributed by atoms with Crippen molar-refractivity contribution in [3.8, 4) is 0 Å². The van der Waals surface area contributed by atoms with Gasteiger partial charge >= 0.3 is 0 Å². The molecule has 0 unspecified atom stereocenters. The molecule has 4 aliphatic carbocycles. The number of ketones is 2. The number of allylic oxidation sites excluding steroid dienone is 4. The van der Waals surface area contributed by atoms with Crippen molar-refractivity contribution in [3.05, 3.63) is 23.3 Å². The average Bonchev–Trinajstić information content (AvgIpc) is 2.97. The van der Waals surface area contributed by atoms with Crippen LogP contribution in [-0.4, -0.2) is 11.6 Å². The Hall–Kier alpha value is -1.18. The molecule has 0 saturated heterocycles. The third-order valence-corrected chi connectivity index (χ3v) is 9.17. The number of carbonyl (C=O) groups is 2. The molecule has 4 saturated carbocycles. The average molecular weight is 326 g/mol. The van der Waals surface area contributed by atoms with E-state index < -0.39 is 0 Å². The number of hydrogen-bond acceptors (Lipinski definition) is 2. The lowest BCUT2D eigenvalue weighted by Crippen LogP contribution is -2.32. The quantitative estimate of drug-likeness (QED) is 0.643. The van der Waals surface area contributed by atoms with Crippen LogP contribution in [0.1, 0.15) is 67.2 Å². The van der Waals surface area contributed by atoms with Crippen molar-refractivity contribution in [2.75, 3.05) is 0 Å². The molecular weight excluding hydrogens is 296 g/mol. The van der Waals surface area contributed by atoms with E-state index >= 15 is 0 Å². The molecule has 4 rings (SSSR count). The van der Waals surface area contributed by atoms with E-state index in [9.17, 15) is 9.59 Å². The summed E-state index contributed by atoms with van der Waals surface area (Å²) < 4.78 is 0. The Kier molecular flexibility index (Phi) is 2.93. The van der Waals surface area contributed by atoms with Crippen LogP contribution in [0.4, 0.5) is 0 Å². The molecule has 0 radical (unpaired) electrons. The van der Waals surface area contributed by atoms with Crippen LogP contribution in [0.2, 0.25) is 0 Å². The third-order valence-electron chi connectivity index (χ3n) is 9.17. The first-order valence-electron chi connectivity index (χ1n) is 9.50. The van der Waals surface area contributed by atoms with Crippen LogP contribution in [0, 0.1) is 33.5 Å². The number of carbonyl (C=O) groups excluding carboxylic acids is 2. The summed E-state index contributed by atoms with van der Waals surface area (Å²) in [4.78, 5) is 25.9. The minimum absolute atomic E-state index is 0.0400. The van der Waals surface area contributed by atoms with Gasteiger partial charge in [0.25, 0.3) is 0 Å². The largest absolute Gasteiger partial charge is 0.294 e. The van der Waals surface area contributed by atoms with Crippen molar-refractivity contribution >= 4 is 11.6 Å². The summed E-state index contributed by atoms with van der Waals surface area (Å²) in [6.07, 6.45) is 8.25. The zero-order valence-electron chi connectivity index (χ0n) is 16.0. The number of fused-ring (bicyclic) bond motifs is 4. The summed E-state index contributed by atoms with van der Waals surface area (Å²) in [5, 5.41) is 0. The van der Waals surface area contributed by atoms with Crippen LogP contribution in [-0.2, 0) is 9.59 Å². The Morgan fingerprint density at radius 3 is 1.29 bits per heavy atom. The van der Waals surface area contributed by atoms with Gasteiger partial charge in [0.15, 0.2) is 11.6 Å². The Morgan fingerprint density at radius 2 is 1.04 bits per heavy atom. The maximum atomic E-state index is 13.0. The molecule has 4 aliphatic rings. The second kappa shape index (κ2) is 4.31. The lowest BCUT2D eigenvalue weighted by atomic mass is 9.70. The van der Waals surface area contributed by atoms with Crippen molar-refractivity contribution in [3.63, 3.8) is 0 Å². The van der Waals surface area contributed by atoms with Crippen LogP contribution in [0.25, 0.3) is 0 Å². The van der Waals surface area contributed by atoms with Gasteiger partial charge in [-0.3, -0.25) is 9.59 Å². The van der Waals surface area contributed by atoms with Gasteiger partial charge in [-0.2, -0.15) is 0 Å². The van der Waals surface area contributed by atoms with E-state index in [4.69, 9.17) is 0 Å². The summed E-state index contributed by atoms with van der Waals surface area (Å²) >= 11 is 0. The maximum absolute atomic E-state index is 13.0. The third kappa shape index (κ3) is 1.50. The number of rotatable bonds is 1. The van der Waals surface area contributed by atoms with Crippen molar-refractivity contribution in [2.24, 2.45) is 33.5 Å². The number of Topliss-reactive ketones (excluding diaryl/α,β-unsaturated/α-hetero) is 2. The second-order valence-electron chi connectivity index (χ2n) is 10.2. The first-order chi connectivity index (χ1) is 11.0. The highest BCUT2D eigenvalue weighted by Gasteiger charge is 2.65. The summed E-state index contributed by atoms with van der Waals surface area (Å²) in [5.74, 6) is 1.34. The standard InChI is InChI=1S/C22H30O2/c1-19(2)15-9-11-21(19,5)17(23)13(15)7-8-14-16-10-12-22(6,18(14)24)20(16,3)4/h7-8,15-16H,9-12H2,1-6H3/b13-7-,14-8?/t15-,16+,21+,22-/m1/s1. The van der Waals surface area contributed by atoms with Gasteiger partial charge < -0.3 is 0 Å². The first-order valence-corrected chi connectivity index (χ1v) is 9.50. The second-order valence-corrected chi connectivity index (χ2v) is 10.2. The summed E-state index contributed by atoms with van der Waals surface area (Å²) in [6, 6.07) is 0. The molecule has 0 aromatic carbocycles. The molecule has 4 bridgehead atoms. The summed E-state index contributed by atoms with van der Waals surface area (Å²) in [7, 11) is 0. The fourth-order valence-corrected chi connectivity index (χ4v) is 6.42. The van der Waals surface area contributed by atoms with Crippen molar-refractivity contribution in [2.45, 2.75) is 67.2 Å². The van der Waals surface area contributed by atoms with E-state index in [-0.39, 0.29) is 21.7 Å². The Balaban J connectivity index is 1.74. The highest BCUT2D eigenvalue weighted by molar-refractivity contribution is 6.07. The molecule has 4 atom stereocenters. The SMILES string of the molecule is CC1(C)[C@@H]2CC[C@@]1(C)C(=O)/C2=C\C=C1C(=O)[C@@]2(C)CC[C@@H]1C2(C)C. The fraction of sp³-hybridized carbons (Fsp3) is 0.727. The smallest absolute Gasteiger partial charge is 0.165 e. The van der Waals surface area contributed by atoms with Gasteiger partial charge in [-0.1, -0.05) is 53.7 Å². The molecule has 0 heterocycles. The van der Waals surface area contributed by atoms with Crippen LogP contribution < -0.4 is 0 Å². The Labute approximate surface area is 145 Å².